The normalized spacial score (nSPS) is 11.7. The number of aryl methyl sites for hydroxylation is 1. The molecule has 0 radical (unpaired) electrons. The highest BCUT2D eigenvalue weighted by molar-refractivity contribution is 6.39. The Morgan fingerprint density at radius 2 is 1.88 bits per heavy atom. The molecule has 0 aliphatic heterocycles. The van der Waals surface area contributed by atoms with Gasteiger partial charge >= 0.3 is 0 Å². The molecule has 0 saturated carbocycles. The van der Waals surface area contributed by atoms with Crippen molar-refractivity contribution in [3.63, 3.8) is 0 Å². The summed E-state index contributed by atoms with van der Waals surface area (Å²) in [7, 11) is 0. The van der Waals surface area contributed by atoms with Crippen molar-refractivity contribution < 1.29 is 14.5 Å². The fraction of sp³-hybridized carbons (Fsp3) is 0.188. The summed E-state index contributed by atoms with van der Waals surface area (Å²) >= 11 is 12.0. The molecule has 2 aromatic carbocycles. The second-order valence-electron chi connectivity index (χ2n) is 5.05. The molecule has 0 spiro atoms. The first-order valence-electron chi connectivity index (χ1n) is 6.96. The molecule has 2 aromatic rings. The Morgan fingerprint density at radius 1 is 1.25 bits per heavy atom. The van der Waals surface area contributed by atoms with Crippen LogP contribution < -0.4 is 10.1 Å². The summed E-state index contributed by atoms with van der Waals surface area (Å²) in [5.41, 5.74) is 0.739. The van der Waals surface area contributed by atoms with E-state index in [0.717, 1.165) is 0 Å². The van der Waals surface area contributed by atoms with Gasteiger partial charge in [0.2, 0.25) is 0 Å². The van der Waals surface area contributed by atoms with Crippen molar-refractivity contribution in [2.24, 2.45) is 0 Å². The largest absolute Gasteiger partial charge is 0.481 e. The molecule has 0 aromatic heterocycles. The number of nitrogens with one attached hydrogen (secondary N) is 1. The summed E-state index contributed by atoms with van der Waals surface area (Å²) in [6.45, 7) is 3.15. The molecule has 0 unspecified atom stereocenters. The number of para-hydroxylation sites is 1. The van der Waals surface area contributed by atoms with Gasteiger partial charge in [0.25, 0.3) is 11.6 Å². The van der Waals surface area contributed by atoms with Crippen LogP contribution in [0.4, 0.5) is 11.4 Å². The van der Waals surface area contributed by atoms with Gasteiger partial charge in [-0.1, -0.05) is 29.3 Å². The molecular weight excluding hydrogens is 355 g/mol. The highest BCUT2D eigenvalue weighted by Crippen LogP contribution is 2.30. The van der Waals surface area contributed by atoms with Crippen LogP contribution in [0.5, 0.6) is 5.75 Å². The van der Waals surface area contributed by atoms with E-state index < -0.39 is 16.9 Å². The maximum Gasteiger partial charge on any atom is 0.272 e. The zero-order valence-corrected chi connectivity index (χ0v) is 14.4. The smallest absolute Gasteiger partial charge is 0.272 e. The van der Waals surface area contributed by atoms with Crippen LogP contribution in [0.2, 0.25) is 10.0 Å². The van der Waals surface area contributed by atoms with Crippen LogP contribution in [0.3, 0.4) is 0 Å². The molecule has 0 heterocycles. The number of hydrogen-bond acceptors (Lipinski definition) is 4. The molecule has 1 N–H and O–H groups in total. The average Bonchev–Trinajstić information content (AvgIpc) is 2.50. The minimum atomic E-state index is -0.849. The number of anilines is 1. The molecule has 8 heteroatoms. The maximum atomic E-state index is 12.2. The molecule has 2 rings (SSSR count). The van der Waals surface area contributed by atoms with Crippen molar-refractivity contribution in [3.8, 4) is 5.75 Å². The van der Waals surface area contributed by atoms with Gasteiger partial charge < -0.3 is 10.1 Å². The van der Waals surface area contributed by atoms with Gasteiger partial charge in [-0.05, 0) is 38.1 Å². The molecule has 6 nitrogen and oxygen atoms in total. The van der Waals surface area contributed by atoms with Gasteiger partial charge in [0, 0.05) is 11.6 Å². The van der Waals surface area contributed by atoms with Crippen molar-refractivity contribution >= 4 is 40.5 Å². The Kier molecular flexibility index (Phi) is 5.64. The van der Waals surface area contributed by atoms with Gasteiger partial charge in [-0.3, -0.25) is 14.9 Å². The second kappa shape index (κ2) is 7.51. The van der Waals surface area contributed by atoms with E-state index in [1.807, 2.05) is 0 Å². The molecule has 24 heavy (non-hydrogen) atoms. The molecule has 0 aliphatic carbocycles. The molecule has 1 amide bonds. The molecule has 0 fully saturated rings. The topological polar surface area (TPSA) is 81.5 Å². The van der Waals surface area contributed by atoms with Gasteiger partial charge in [0.15, 0.2) is 6.10 Å². The Labute approximate surface area is 148 Å². The van der Waals surface area contributed by atoms with Crippen LogP contribution in [-0.2, 0) is 4.79 Å². The second-order valence-corrected chi connectivity index (χ2v) is 5.87. The van der Waals surface area contributed by atoms with E-state index in [1.54, 1.807) is 32.0 Å². The number of halogens is 2. The van der Waals surface area contributed by atoms with E-state index >= 15 is 0 Å². The first-order valence-corrected chi connectivity index (χ1v) is 7.71. The van der Waals surface area contributed by atoms with E-state index in [9.17, 15) is 14.9 Å². The Bertz CT molecular complexity index is 775. The van der Waals surface area contributed by atoms with Crippen molar-refractivity contribution in [1.82, 2.24) is 0 Å². The Morgan fingerprint density at radius 3 is 2.42 bits per heavy atom. The number of rotatable bonds is 5. The van der Waals surface area contributed by atoms with Crippen LogP contribution >= 0.6 is 23.2 Å². The van der Waals surface area contributed by atoms with Gasteiger partial charge in [0.1, 0.15) is 5.75 Å². The summed E-state index contributed by atoms with van der Waals surface area (Å²) in [5.74, 6) is -0.0907. The molecule has 0 aliphatic rings. The number of nitro groups is 1. The van der Waals surface area contributed by atoms with E-state index in [1.165, 1.54) is 18.2 Å². The van der Waals surface area contributed by atoms with Crippen LogP contribution in [0.25, 0.3) is 0 Å². The maximum absolute atomic E-state index is 12.2. The van der Waals surface area contributed by atoms with Crippen LogP contribution in [0.15, 0.2) is 36.4 Å². The lowest BCUT2D eigenvalue weighted by Crippen LogP contribution is -2.30. The summed E-state index contributed by atoms with van der Waals surface area (Å²) in [5, 5.41) is 14.0. The number of nitro benzene ring substituents is 1. The number of nitrogens with zero attached hydrogens (tertiary/aromatic N) is 1. The zero-order valence-electron chi connectivity index (χ0n) is 12.9. The summed E-state index contributed by atoms with van der Waals surface area (Å²) in [6.07, 6.45) is -0.849. The fourth-order valence-corrected chi connectivity index (χ4v) is 2.50. The number of amides is 1. The highest BCUT2D eigenvalue weighted by atomic mass is 35.5. The standard InChI is InChI=1S/C16H14Cl2N2O4/c1-9-8-11(6-7-14(9)20(22)23)24-10(2)16(21)19-15-12(17)4-3-5-13(15)18/h3-8,10H,1-2H3,(H,19,21)/t10-/m1/s1. The third-order valence-electron chi connectivity index (χ3n) is 3.26. The van der Waals surface area contributed by atoms with Crippen LogP contribution in [0, 0.1) is 17.0 Å². The van der Waals surface area contributed by atoms with Gasteiger partial charge in [-0.25, -0.2) is 0 Å². The number of benzene rings is 2. The van der Waals surface area contributed by atoms with Crippen LogP contribution in [-0.4, -0.2) is 16.9 Å². The van der Waals surface area contributed by atoms with E-state index in [4.69, 9.17) is 27.9 Å². The van der Waals surface area contributed by atoms with Gasteiger partial charge in [0.05, 0.1) is 20.7 Å². The van der Waals surface area contributed by atoms with E-state index in [0.29, 0.717) is 27.0 Å². The van der Waals surface area contributed by atoms with Crippen molar-refractivity contribution in [1.29, 1.82) is 0 Å². The van der Waals surface area contributed by atoms with Crippen LogP contribution in [0.1, 0.15) is 12.5 Å². The quantitative estimate of drug-likeness (QED) is 0.616. The number of carbonyl (C=O) groups excluding carboxylic acids is 1. The van der Waals surface area contributed by atoms with Crippen molar-refractivity contribution in [3.05, 3.63) is 62.1 Å². The van der Waals surface area contributed by atoms with E-state index in [-0.39, 0.29) is 5.69 Å². The first kappa shape index (κ1) is 18.0. The number of carbonyl (C=O) groups is 1. The lowest BCUT2D eigenvalue weighted by atomic mass is 10.2. The summed E-state index contributed by atoms with van der Waals surface area (Å²) in [4.78, 5) is 22.5. The lowest BCUT2D eigenvalue weighted by Gasteiger charge is -2.16. The molecule has 0 bridgehead atoms. The minimum absolute atomic E-state index is 0.0118. The molecule has 126 valence electrons. The zero-order chi connectivity index (χ0) is 17.9. The molecule has 0 saturated heterocycles. The Hall–Kier alpha value is -2.31. The predicted octanol–water partition coefficient (Wildman–Crippen LogP) is 4.62. The predicted molar refractivity (Wildman–Crippen MR) is 93.0 cm³/mol. The minimum Gasteiger partial charge on any atom is -0.481 e. The molecule has 1 atom stereocenters. The number of ether oxygens (including phenoxy) is 1. The fourth-order valence-electron chi connectivity index (χ4n) is 2.01. The van der Waals surface area contributed by atoms with Gasteiger partial charge in [-0.15, -0.1) is 0 Å². The lowest BCUT2D eigenvalue weighted by molar-refractivity contribution is -0.385. The summed E-state index contributed by atoms with van der Waals surface area (Å²) in [6, 6.07) is 9.16. The van der Waals surface area contributed by atoms with Crippen molar-refractivity contribution in [2.75, 3.05) is 5.32 Å². The van der Waals surface area contributed by atoms with Gasteiger partial charge in [-0.2, -0.15) is 0 Å². The summed E-state index contributed by atoms with van der Waals surface area (Å²) < 4.78 is 5.52. The molecular formula is C16H14Cl2N2O4. The SMILES string of the molecule is Cc1cc(O[C@H](C)C(=O)Nc2c(Cl)cccc2Cl)ccc1[N+](=O)[O-]. The monoisotopic (exact) mass is 368 g/mol. The number of hydrogen-bond donors (Lipinski definition) is 1. The first-order chi connectivity index (χ1) is 11.3. The third-order valence-corrected chi connectivity index (χ3v) is 3.89. The highest BCUT2D eigenvalue weighted by Gasteiger charge is 2.19. The van der Waals surface area contributed by atoms with E-state index in [2.05, 4.69) is 5.32 Å². The Balaban J connectivity index is 2.09. The average molecular weight is 369 g/mol. The van der Waals surface area contributed by atoms with Crippen molar-refractivity contribution in [2.45, 2.75) is 20.0 Å². The third kappa shape index (κ3) is 4.15.